The molecule has 2 aromatic heterocycles. The van der Waals surface area contributed by atoms with E-state index in [0.717, 1.165) is 36.5 Å². The molecule has 2 saturated heterocycles. The maximum absolute atomic E-state index is 13.5. The largest absolute Gasteiger partial charge is 0.459 e. The molecule has 3 aromatic rings. The normalized spacial score (nSPS) is 23.4. The van der Waals surface area contributed by atoms with Crippen LogP contribution in [0.25, 0.3) is 11.3 Å². The van der Waals surface area contributed by atoms with Crippen molar-refractivity contribution in [2.24, 2.45) is 0 Å². The number of furan rings is 1. The molecule has 0 spiro atoms. The summed E-state index contributed by atoms with van der Waals surface area (Å²) < 4.78 is 26.4. The molecule has 2 fully saturated rings. The van der Waals surface area contributed by atoms with Crippen molar-refractivity contribution in [2.75, 3.05) is 13.2 Å². The van der Waals surface area contributed by atoms with Crippen LogP contribution in [0.4, 0.5) is 4.39 Å². The van der Waals surface area contributed by atoms with Gasteiger partial charge in [0.25, 0.3) is 0 Å². The highest BCUT2D eigenvalue weighted by atomic mass is 79.9. The third kappa shape index (κ3) is 4.12. The minimum atomic E-state index is -0.300. The van der Waals surface area contributed by atoms with Crippen molar-refractivity contribution in [3.8, 4) is 11.3 Å². The average molecular weight is 502 g/mol. The average Bonchev–Trinajstić information content (AvgIpc) is 3.51. The van der Waals surface area contributed by atoms with E-state index in [9.17, 15) is 4.39 Å². The SMILES string of the molecule is Fc1ccc(-c2ccc([C@@H]3[C@@H](c4ccccn4)NC(=S)N3C[C@H]3CCCO3)o2)c(Br)c1. The van der Waals surface area contributed by atoms with Crippen LogP contribution in [0.5, 0.6) is 0 Å². The number of rotatable bonds is 5. The molecule has 8 heteroatoms. The van der Waals surface area contributed by atoms with Crippen molar-refractivity contribution in [2.45, 2.75) is 31.0 Å². The Bertz CT molecular complexity index is 1090. The molecule has 160 valence electrons. The van der Waals surface area contributed by atoms with Gasteiger partial charge in [-0.05, 0) is 83.5 Å². The second-order valence-electron chi connectivity index (χ2n) is 7.74. The van der Waals surface area contributed by atoms with Crippen molar-refractivity contribution in [1.29, 1.82) is 0 Å². The Hall–Kier alpha value is -2.29. The maximum Gasteiger partial charge on any atom is 0.170 e. The van der Waals surface area contributed by atoms with Crippen LogP contribution in [0, 0.1) is 5.82 Å². The van der Waals surface area contributed by atoms with Gasteiger partial charge in [-0.2, -0.15) is 0 Å². The molecule has 5 rings (SSSR count). The van der Waals surface area contributed by atoms with Gasteiger partial charge in [0.1, 0.15) is 23.4 Å². The van der Waals surface area contributed by atoms with Gasteiger partial charge in [-0.3, -0.25) is 4.98 Å². The van der Waals surface area contributed by atoms with Gasteiger partial charge in [0, 0.05) is 29.4 Å². The minimum Gasteiger partial charge on any atom is -0.459 e. The van der Waals surface area contributed by atoms with E-state index in [-0.39, 0.29) is 24.0 Å². The van der Waals surface area contributed by atoms with Crippen LogP contribution < -0.4 is 5.32 Å². The van der Waals surface area contributed by atoms with Gasteiger partial charge in [-0.15, -0.1) is 0 Å². The predicted octanol–water partition coefficient (Wildman–Crippen LogP) is 5.39. The summed E-state index contributed by atoms with van der Waals surface area (Å²) >= 11 is 9.14. The number of nitrogens with zero attached hydrogens (tertiary/aromatic N) is 2. The molecular formula is C23H21BrFN3O2S. The molecule has 31 heavy (non-hydrogen) atoms. The Kier molecular flexibility index (Phi) is 5.77. The molecule has 4 heterocycles. The van der Waals surface area contributed by atoms with E-state index in [1.807, 2.05) is 30.3 Å². The highest BCUT2D eigenvalue weighted by Gasteiger charge is 2.42. The zero-order valence-electron chi connectivity index (χ0n) is 16.6. The van der Waals surface area contributed by atoms with Gasteiger partial charge in [0.2, 0.25) is 0 Å². The summed E-state index contributed by atoms with van der Waals surface area (Å²) in [6.45, 7) is 1.48. The highest BCUT2D eigenvalue weighted by Crippen LogP contribution is 2.41. The van der Waals surface area contributed by atoms with Crippen LogP contribution in [0.2, 0.25) is 0 Å². The van der Waals surface area contributed by atoms with E-state index >= 15 is 0 Å². The second kappa shape index (κ2) is 8.68. The quantitative estimate of drug-likeness (QED) is 0.472. The fourth-order valence-electron chi connectivity index (χ4n) is 4.26. The standard InChI is InChI=1S/C23H21BrFN3O2S/c24-17-12-14(25)6-7-16(17)19-8-9-20(30-19)22-21(18-5-1-2-10-26-18)27-23(31)28(22)13-15-4-3-11-29-15/h1-2,5-10,12,15,21-22H,3-4,11,13H2,(H,27,31)/t15-,21-,22-/m1/s1. The summed E-state index contributed by atoms with van der Waals surface area (Å²) in [7, 11) is 0. The summed E-state index contributed by atoms with van der Waals surface area (Å²) in [5.41, 5.74) is 1.69. The second-order valence-corrected chi connectivity index (χ2v) is 8.98. The topological polar surface area (TPSA) is 50.5 Å². The Morgan fingerprint density at radius 1 is 1.23 bits per heavy atom. The van der Waals surface area contributed by atoms with E-state index in [1.54, 1.807) is 12.3 Å². The number of hydrogen-bond donors (Lipinski definition) is 1. The zero-order valence-corrected chi connectivity index (χ0v) is 19.0. The minimum absolute atomic E-state index is 0.144. The molecule has 0 saturated carbocycles. The fraction of sp³-hybridized carbons (Fsp3) is 0.304. The lowest BCUT2D eigenvalue weighted by Gasteiger charge is -2.28. The summed E-state index contributed by atoms with van der Waals surface area (Å²) in [6, 6.07) is 14.0. The molecule has 0 radical (unpaired) electrons. The van der Waals surface area contributed by atoms with E-state index < -0.39 is 0 Å². The summed E-state index contributed by atoms with van der Waals surface area (Å²) in [5.74, 6) is 1.13. The van der Waals surface area contributed by atoms with Gasteiger partial charge in [-0.25, -0.2) is 4.39 Å². The molecule has 0 bridgehead atoms. The van der Waals surface area contributed by atoms with Crippen molar-refractivity contribution < 1.29 is 13.5 Å². The summed E-state index contributed by atoms with van der Waals surface area (Å²) in [6.07, 6.45) is 4.01. The molecule has 1 N–H and O–H groups in total. The number of thiocarbonyl (C=S) groups is 1. The Balaban J connectivity index is 1.51. The van der Waals surface area contributed by atoms with Crippen LogP contribution in [-0.2, 0) is 4.74 Å². The van der Waals surface area contributed by atoms with Crippen LogP contribution in [0.3, 0.4) is 0 Å². The predicted molar refractivity (Wildman–Crippen MR) is 123 cm³/mol. The Morgan fingerprint density at radius 3 is 2.87 bits per heavy atom. The highest BCUT2D eigenvalue weighted by molar-refractivity contribution is 9.10. The summed E-state index contributed by atoms with van der Waals surface area (Å²) in [5, 5.41) is 4.10. The monoisotopic (exact) mass is 501 g/mol. The van der Waals surface area contributed by atoms with Gasteiger partial charge in [0.15, 0.2) is 5.11 Å². The third-order valence-electron chi connectivity index (χ3n) is 5.74. The van der Waals surface area contributed by atoms with Crippen LogP contribution in [0.1, 0.15) is 36.4 Å². The summed E-state index contributed by atoms with van der Waals surface area (Å²) in [4.78, 5) is 6.70. The zero-order chi connectivity index (χ0) is 21.4. The lowest BCUT2D eigenvalue weighted by atomic mass is 10.0. The fourth-order valence-corrected chi connectivity index (χ4v) is 5.13. The van der Waals surface area contributed by atoms with Crippen molar-refractivity contribution in [3.05, 3.63) is 76.5 Å². The number of halogens is 2. The van der Waals surface area contributed by atoms with E-state index in [4.69, 9.17) is 21.4 Å². The van der Waals surface area contributed by atoms with Crippen LogP contribution in [0.15, 0.2) is 63.6 Å². The van der Waals surface area contributed by atoms with Crippen molar-refractivity contribution in [1.82, 2.24) is 15.2 Å². The molecule has 1 aromatic carbocycles. The lowest BCUT2D eigenvalue weighted by molar-refractivity contribution is 0.0818. The smallest absolute Gasteiger partial charge is 0.170 e. The number of pyridine rings is 1. The number of hydrogen-bond acceptors (Lipinski definition) is 4. The molecule has 0 unspecified atom stereocenters. The van der Waals surface area contributed by atoms with Gasteiger partial charge < -0.3 is 19.4 Å². The first kappa shape index (κ1) is 20.6. The maximum atomic E-state index is 13.5. The molecule has 5 nitrogen and oxygen atoms in total. The molecule has 2 aliphatic heterocycles. The number of aromatic nitrogens is 1. The van der Waals surface area contributed by atoms with Crippen LogP contribution >= 0.6 is 28.1 Å². The van der Waals surface area contributed by atoms with Crippen molar-refractivity contribution in [3.63, 3.8) is 0 Å². The molecule has 2 aliphatic rings. The molecular weight excluding hydrogens is 481 g/mol. The van der Waals surface area contributed by atoms with E-state index in [1.165, 1.54) is 12.1 Å². The first-order valence-corrected chi connectivity index (χ1v) is 11.4. The number of ether oxygens (including phenoxy) is 1. The van der Waals surface area contributed by atoms with Gasteiger partial charge >= 0.3 is 0 Å². The first-order valence-electron chi connectivity index (χ1n) is 10.2. The Morgan fingerprint density at radius 2 is 2.13 bits per heavy atom. The molecule has 0 aliphatic carbocycles. The number of nitrogens with one attached hydrogen (secondary N) is 1. The van der Waals surface area contributed by atoms with E-state index in [0.29, 0.717) is 21.9 Å². The van der Waals surface area contributed by atoms with Gasteiger partial charge in [0.05, 0.1) is 17.8 Å². The lowest BCUT2D eigenvalue weighted by Crippen LogP contribution is -2.36. The third-order valence-corrected chi connectivity index (χ3v) is 6.75. The van der Waals surface area contributed by atoms with E-state index in [2.05, 4.69) is 31.1 Å². The van der Waals surface area contributed by atoms with Crippen LogP contribution in [-0.4, -0.2) is 34.3 Å². The Labute approximate surface area is 193 Å². The number of benzene rings is 1. The van der Waals surface area contributed by atoms with Gasteiger partial charge in [-0.1, -0.05) is 6.07 Å². The molecule has 3 atom stereocenters. The van der Waals surface area contributed by atoms with Crippen molar-refractivity contribution >= 4 is 33.3 Å². The first-order chi connectivity index (χ1) is 15.1. The molecule has 0 amide bonds.